The van der Waals surface area contributed by atoms with Gasteiger partial charge in [-0.25, -0.2) is 0 Å². The van der Waals surface area contributed by atoms with Gasteiger partial charge in [0.1, 0.15) is 17.5 Å². The smallest absolute Gasteiger partial charge is 0.139 e. The maximum atomic E-state index is 9.18. The molecule has 1 fully saturated rings. The number of epoxide rings is 1. The Morgan fingerprint density at radius 3 is 3.10 bits per heavy atom. The molecular formula is C7H7NO2. The minimum atomic E-state index is 0.0428. The molecule has 2 heterocycles. The minimum Gasteiger partial charge on any atom is -0.506 e. The van der Waals surface area contributed by atoms with Crippen LogP contribution in [0, 0.1) is 0 Å². The Morgan fingerprint density at radius 2 is 2.50 bits per heavy atom. The highest BCUT2D eigenvalue weighted by molar-refractivity contribution is 5.28. The van der Waals surface area contributed by atoms with Crippen LogP contribution in [0.3, 0.4) is 0 Å². The summed E-state index contributed by atoms with van der Waals surface area (Å²) in [6.45, 7) is 0.685. The first-order valence-corrected chi connectivity index (χ1v) is 3.13. The molecule has 1 saturated heterocycles. The van der Waals surface area contributed by atoms with Gasteiger partial charge in [-0.1, -0.05) is 0 Å². The highest BCUT2D eigenvalue weighted by Gasteiger charge is 2.28. The Labute approximate surface area is 58.3 Å². The summed E-state index contributed by atoms with van der Waals surface area (Å²) in [6.07, 6.45) is 1.69. The van der Waals surface area contributed by atoms with Crippen LogP contribution in [0.4, 0.5) is 0 Å². The van der Waals surface area contributed by atoms with Crippen LogP contribution in [-0.4, -0.2) is 16.7 Å². The van der Waals surface area contributed by atoms with Crippen LogP contribution < -0.4 is 0 Å². The van der Waals surface area contributed by atoms with Crippen molar-refractivity contribution in [2.75, 3.05) is 6.61 Å². The lowest BCUT2D eigenvalue weighted by Gasteiger charge is -1.95. The lowest BCUT2D eigenvalue weighted by atomic mass is 10.3. The summed E-state index contributed by atoms with van der Waals surface area (Å²) in [4.78, 5) is 3.97. The summed E-state index contributed by atoms with van der Waals surface area (Å²) in [7, 11) is 0. The number of ether oxygens (including phenoxy) is 1. The molecule has 1 unspecified atom stereocenters. The van der Waals surface area contributed by atoms with Gasteiger partial charge in [-0.3, -0.25) is 4.98 Å². The van der Waals surface area contributed by atoms with Gasteiger partial charge in [-0.05, 0) is 12.1 Å². The third-order valence-electron chi connectivity index (χ3n) is 1.45. The van der Waals surface area contributed by atoms with Gasteiger partial charge >= 0.3 is 0 Å². The number of rotatable bonds is 1. The predicted octanol–water partition coefficient (Wildman–Crippen LogP) is 0.858. The maximum absolute atomic E-state index is 9.18. The summed E-state index contributed by atoms with van der Waals surface area (Å²) in [5.41, 5.74) is 0.655. The number of pyridine rings is 1. The second-order valence-corrected chi connectivity index (χ2v) is 2.23. The molecule has 3 heteroatoms. The lowest BCUT2D eigenvalue weighted by Crippen LogP contribution is -1.85. The highest BCUT2D eigenvalue weighted by Crippen LogP contribution is 2.33. The van der Waals surface area contributed by atoms with Crippen molar-refractivity contribution in [3.05, 3.63) is 24.0 Å². The average Bonchev–Trinajstić information content (AvgIpc) is 2.71. The van der Waals surface area contributed by atoms with Crippen LogP contribution in [0.5, 0.6) is 5.75 Å². The quantitative estimate of drug-likeness (QED) is 0.584. The van der Waals surface area contributed by atoms with E-state index in [0.29, 0.717) is 12.3 Å². The normalized spacial score (nSPS) is 22.6. The van der Waals surface area contributed by atoms with E-state index in [1.807, 2.05) is 0 Å². The summed E-state index contributed by atoms with van der Waals surface area (Å²) in [5, 5.41) is 9.18. The molecule has 10 heavy (non-hydrogen) atoms. The molecule has 0 amide bonds. The molecule has 0 aliphatic carbocycles. The Hall–Kier alpha value is -1.09. The molecule has 1 aliphatic heterocycles. The van der Waals surface area contributed by atoms with E-state index in [0.717, 1.165) is 0 Å². The van der Waals surface area contributed by atoms with Gasteiger partial charge in [0.25, 0.3) is 0 Å². The SMILES string of the molecule is Oc1cccnc1C1CO1. The minimum absolute atomic E-state index is 0.0428. The number of aromatic hydroxyl groups is 1. The van der Waals surface area contributed by atoms with Crippen LogP contribution in [-0.2, 0) is 4.74 Å². The first-order chi connectivity index (χ1) is 4.88. The zero-order valence-electron chi connectivity index (χ0n) is 5.32. The van der Waals surface area contributed by atoms with Crippen LogP contribution in [0.2, 0.25) is 0 Å². The standard InChI is InChI=1S/C7H7NO2/c9-5-2-1-3-8-7(5)6-4-10-6/h1-3,6,9H,4H2. The highest BCUT2D eigenvalue weighted by atomic mass is 16.6. The number of aromatic nitrogens is 1. The van der Waals surface area contributed by atoms with Gasteiger partial charge in [-0.2, -0.15) is 0 Å². The Balaban J connectivity index is 2.39. The van der Waals surface area contributed by atoms with Crippen molar-refractivity contribution in [3.63, 3.8) is 0 Å². The van der Waals surface area contributed by atoms with Crippen LogP contribution >= 0.6 is 0 Å². The van der Waals surface area contributed by atoms with Crippen LogP contribution in [0.15, 0.2) is 18.3 Å². The van der Waals surface area contributed by atoms with Crippen LogP contribution in [0.25, 0.3) is 0 Å². The maximum Gasteiger partial charge on any atom is 0.139 e. The van der Waals surface area contributed by atoms with Gasteiger partial charge in [0.15, 0.2) is 0 Å². The van der Waals surface area contributed by atoms with E-state index in [9.17, 15) is 5.11 Å². The first kappa shape index (κ1) is 5.68. The fourth-order valence-corrected chi connectivity index (χ4v) is 0.863. The topological polar surface area (TPSA) is 45.7 Å². The van der Waals surface area contributed by atoms with Crippen molar-refractivity contribution in [1.29, 1.82) is 0 Å². The van der Waals surface area contributed by atoms with E-state index >= 15 is 0 Å². The zero-order chi connectivity index (χ0) is 6.97. The van der Waals surface area contributed by atoms with Gasteiger partial charge in [0.05, 0.1) is 6.61 Å². The molecule has 0 aromatic carbocycles. The molecule has 1 aliphatic rings. The van der Waals surface area contributed by atoms with Gasteiger partial charge in [0.2, 0.25) is 0 Å². The average molecular weight is 137 g/mol. The molecule has 1 atom stereocenters. The summed E-state index contributed by atoms with van der Waals surface area (Å²) < 4.78 is 4.95. The lowest BCUT2D eigenvalue weighted by molar-refractivity contribution is 0.394. The predicted molar refractivity (Wildman–Crippen MR) is 34.6 cm³/mol. The summed E-state index contributed by atoms with van der Waals surface area (Å²) in [6, 6.07) is 3.31. The van der Waals surface area contributed by atoms with Crippen molar-refractivity contribution in [2.45, 2.75) is 6.10 Å². The monoisotopic (exact) mass is 137 g/mol. The van der Waals surface area contributed by atoms with Crippen molar-refractivity contribution in [3.8, 4) is 5.75 Å². The fourth-order valence-electron chi connectivity index (χ4n) is 0.863. The number of nitrogens with zero attached hydrogens (tertiary/aromatic N) is 1. The van der Waals surface area contributed by atoms with Crippen LogP contribution in [0.1, 0.15) is 11.8 Å². The second-order valence-electron chi connectivity index (χ2n) is 2.23. The van der Waals surface area contributed by atoms with Crippen molar-refractivity contribution in [2.24, 2.45) is 0 Å². The summed E-state index contributed by atoms with van der Waals surface area (Å²) >= 11 is 0. The molecular weight excluding hydrogens is 130 g/mol. The molecule has 52 valence electrons. The molecule has 1 aromatic heterocycles. The third-order valence-corrected chi connectivity index (χ3v) is 1.45. The molecule has 0 saturated carbocycles. The van der Waals surface area contributed by atoms with E-state index < -0.39 is 0 Å². The molecule has 2 rings (SSSR count). The first-order valence-electron chi connectivity index (χ1n) is 3.13. The Bertz CT molecular complexity index is 245. The molecule has 1 N–H and O–H groups in total. The molecule has 0 radical (unpaired) electrons. The second kappa shape index (κ2) is 1.95. The van der Waals surface area contributed by atoms with Gasteiger partial charge < -0.3 is 9.84 Å². The van der Waals surface area contributed by atoms with E-state index in [1.54, 1.807) is 18.3 Å². The zero-order valence-corrected chi connectivity index (χ0v) is 5.32. The van der Waals surface area contributed by atoms with Crippen molar-refractivity contribution in [1.82, 2.24) is 4.98 Å². The van der Waals surface area contributed by atoms with E-state index in [4.69, 9.17) is 4.74 Å². The number of hydrogen-bond acceptors (Lipinski definition) is 3. The number of hydrogen-bond donors (Lipinski definition) is 1. The van der Waals surface area contributed by atoms with E-state index in [1.165, 1.54) is 0 Å². The Kier molecular flexibility index (Phi) is 1.11. The third kappa shape index (κ3) is 0.844. The van der Waals surface area contributed by atoms with Gasteiger partial charge in [0, 0.05) is 6.20 Å². The molecule has 0 bridgehead atoms. The fraction of sp³-hybridized carbons (Fsp3) is 0.286. The van der Waals surface area contributed by atoms with Crippen molar-refractivity contribution < 1.29 is 9.84 Å². The molecule has 3 nitrogen and oxygen atoms in total. The Morgan fingerprint density at radius 1 is 1.70 bits per heavy atom. The van der Waals surface area contributed by atoms with Gasteiger partial charge in [-0.15, -0.1) is 0 Å². The molecule has 0 spiro atoms. The van der Waals surface area contributed by atoms with E-state index in [-0.39, 0.29) is 11.9 Å². The molecule has 1 aromatic rings. The van der Waals surface area contributed by atoms with Crippen molar-refractivity contribution >= 4 is 0 Å². The van der Waals surface area contributed by atoms with E-state index in [2.05, 4.69) is 4.98 Å². The summed E-state index contributed by atoms with van der Waals surface area (Å²) in [5.74, 6) is 0.227. The largest absolute Gasteiger partial charge is 0.506 e.